The van der Waals surface area contributed by atoms with Crippen molar-refractivity contribution in [3.8, 4) is 0 Å². The summed E-state index contributed by atoms with van der Waals surface area (Å²) < 4.78 is 0. The van der Waals surface area contributed by atoms with Crippen LogP contribution in [0.3, 0.4) is 0 Å². The normalized spacial score (nSPS) is 19.2. The Morgan fingerprint density at radius 2 is 2.80 bits per heavy atom. The van der Waals surface area contributed by atoms with Gasteiger partial charge in [-0.15, -0.1) is 0 Å². The van der Waals surface area contributed by atoms with Crippen LogP contribution in [0.25, 0.3) is 0 Å². The quantitative estimate of drug-likeness (QED) is 0.306. The van der Waals surface area contributed by atoms with Gasteiger partial charge in [-0.05, 0) is 0 Å². The van der Waals surface area contributed by atoms with E-state index in [-0.39, 0.29) is 0 Å². The molecule has 0 aromatic heterocycles. The number of allylic oxidation sites excluding steroid dienone is 1. The van der Waals surface area contributed by atoms with Gasteiger partial charge in [-0.2, -0.15) is 0 Å². The van der Waals surface area contributed by atoms with Gasteiger partial charge in [0.15, 0.2) is 0 Å². The van der Waals surface area contributed by atoms with E-state index in [0.29, 0.717) is 0 Å². The van der Waals surface area contributed by atoms with Gasteiger partial charge in [0.1, 0.15) is 0 Å². The summed E-state index contributed by atoms with van der Waals surface area (Å²) in [6.45, 7) is 2.22. The van der Waals surface area contributed by atoms with Crippen LogP contribution < -0.4 is 0 Å². The molecule has 0 aliphatic carbocycles. The van der Waals surface area contributed by atoms with Crippen LogP contribution in [0.1, 0.15) is 0 Å². The van der Waals surface area contributed by atoms with Gasteiger partial charge >= 0.3 is 32.9 Å². The zero-order chi connectivity index (χ0) is 3.54. The Morgan fingerprint density at radius 1 is 1.80 bits per heavy atom. The average molecular weight is 81.9 g/mol. The first kappa shape index (κ1) is 3.30. The first-order valence-corrected chi connectivity index (χ1v) is 2.70. The molecule has 1 heterocycles. The van der Waals surface area contributed by atoms with Crippen LogP contribution in [-0.4, -0.2) is 6.62 Å². The van der Waals surface area contributed by atoms with Crippen LogP contribution in [-0.2, 0) is 0 Å². The van der Waals surface area contributed by atoms with Crippen LogP contribution in [0, 0.1) is 0 Å². The molecule has 0 radical (unpaired) electrons. The Kier molecular flexibility index (Phi) is 1.00. The maximum absolute atomic E-state index is 2.22. The Labute approximate surface area is 33.9 Å². The Hall–Kier alpha value is 0.105. The standard InChI is InChI=1S/C3H4BP/c1-2-4-5-3-1/h1,3H,2H2. The third-order valence-corrected chi connectivity index (χ3v) is 1.34. The van der Waals surface area contributed by atoms with E-state index < -0.39 is 0 Å². The summed E-state index contributed by atoms with van der Waals surface area (Å²) in [5.74, 6) is 2.15. The van der Waals surface area contributed by atoms with Crippen molar-refractivity contribution in [2.45, 2.75) is 6.32 Å². The van der Waals surface area contributed by atoms with E-state index in [4.69, 9.17) is 0 Å². The SMILES string of the molecule is B1=PC=CC1. The number of rotatable bonds is 0. The second-order valence-corrected chi connectivity index (χ2v) is 1.91. The predicted molar refractivity (Wildman–Crippen MR) is 26.6 cm³/mol. The molecule has 24 valence electrons. The first-order valence-electron chi connectivity index (χ1n) is 1.67. The molecule has 0 fully saturated rings. The van der Waals surface area contributed by atoms with Gasteiger partial charge in [0, 0.05) is 0 Å². The Morgan fingerprint density at radius 3 is 3.00 bits per heavy atom. The monoisotopic (exact) mass is 82.0 g/mol. The molecule has 5 heavy (non-hydrogen) atoms. The summed E-state index contributed by atoms with van der Waals surface area (Å²) in [5.41, 5.74) is 0. The van der Waals surface area contributed by atoms with Gasteiger partial charge in [-0.1, -0.05) is 0 Å². The second kappa shape index (κ2) is 1.52. The van der Waals surface area contributed by atoms with E-state index in [1.54, 1.807) is 0 Å². The minimum atomic E-state index is 1.18. The fourth-order valence-electron chi connectivity index (χ4n) is 0.304. The molecule has 0 aromatic rings. The van der Waals surface area contributed by atoms with Crippen LogP contribution in [0.15, 0.2) is 11.9 Å². The zero-order valence-corrected chi connectivity index (χ0v) is 3.78. The molecule has 1 aliphatic heterocycles. The fourth-order valence-corrected chi connectivity index (χ4v) is 0.913. The Bertz CT molecular complexity index is 65.0. The summed E-state index contributed by atoms with van der Waals surface area (Å²) >= 11 is 0. The van der Waals surface area contributed by atoms with E-state index >= 15 is 0 Å². The molecule has 0 nitrogen and oxygen atoms in total. The summed E-state index contributed by atoms with van der Waals surface area (Å²) in [5, 5.41) is 0. The van der Waals surface area contributed by atoms with Crippen molar-refractivity contribution in [3.05, 3.63) is 11.9 Å². The molecule has 1 rings (SSSR count). The van der Waals surface area contributed by atoms with E-state index in [1.807, 2.05) is 0 Å². The van der Waals surface area contributed by atoms with E-state index in [9.17, 15) is 0 Å². The molecule has 0 atom stereocenters. The van der Waals surface area contributed by atoms with Crippen molar-refractivity contribution in [2.75, 3.05) is 0 Å². The van der Waals surface area contributed by atoms with E-state index in [0.717, 1.165) is 0 Å². The molecule has 0 saturated carbocycles. The van der Waals surface area contributed by atoms with Gasteiger partial charge in [0.05, 0.1) is 0 Å². The number of hydrogen-bond acceptors (Lipinski definition) is 0. The van der Waals surface area contributed by atoms with Gasteiger partial charge < -0.3 is 0 Å². The molecular formula is C3H4BP. The Balaban J connectivity index is 2.61. The zero-order valence-electron chi connectivity index (χ0n) is 2.89. The molecule has 0 spiro atoms. The summed E-state index contributed by atoms with van der Waals surface area (Å²) in [6, 6.07) is 0. The van der Waals surface area contributed by atoms with Gasteiger partial charge in [-0.25, -0.2) is 0 Å². The van der Waals surface area contributed by atoms with Crippen LogP contribution in [0.4, 0.5) is 0 Å². The van der Waals surface area contributed by atoms with Crippen molar-refractivity contribution >= 4 is 14.7 Å². The summed E-state index contributed by atoms with van der Waals surface area (Å²) in [6.07, 6.45) is 3.35. The van der Waals surface area contributed by atoms with Crippen molar-refractivity contribution in [2.24, 2.45) is 0 Å². The van der Waals surface area contributed by atoms with Crippen LogP contribution in [0.2, 0.25) is 6.32 Å². The molecule has 0 saturated heterocycles. The molecule has 1 aliphatic rings. The van der Waals surface area contributed by atoms with Crippen LogP contribution >= 0.6 is 8.07 Å². The molecule has 0 aromatic carbocycles. The topological polar surface area (TPSA) is 0 Å². The summed E-state index contributed by atoms with van der Waals surface area (Å²) in [4.78, 5) is 0. The maximum atomic E-state index is 2.22. The first-order chi connectivity index (χ1) is 2.50. The van der Waals surface area contributed by atoms with Crippen LogP contribution in [0.5, 0.6) is 0 Å². The van der Waals surface area contributed by atoms with Crippen molar-refractivity contribution in [3.63, 3.8) is 0 Å². The molecule has 0 N–H and O–H groups in total. The van der Waals surface area contributed by atoms with Gasteiger partial charge in [0.2, 0.25) is 0 Å². The fraction of sp³-hybridized carbons (Fsp3) is 0.333. The predicted octanol–water partition coefficient (Wildman–Crippen LogP) is 1.50. The van der Waals surface area contributed by atoms with Crippen molar-refractivity contribution in [1.82, 2.24) is 0 Å². The molecule has 0 amide bonds. The molecule has 0 bridgehead atoms. The third-order valence-electron chi connectivity index (χ3n) is 0.538. The van der Waals surface area contributed by atoms with E-state index in [1.165, 1.54) is 14.4 Å². The molecular weight excluding hydrogens is 77.8 g/mol. The average Bonchev–Trinajstić information content (AvgIpc) is 1.76. The van der Waals surface area contributed by atoms with E-state index in [2.05, 4.69) is 18.5 Å². The number of hydrogen-bond donors (Lipinski definition) is 0. The van der Waals surface area contributed by atoms with Gasteiger partial charge in [-0.3, -0.25) is 0 Å². The molecule has 2 heteroatoms. The van der Waals surface area contributed by atoms with Crippen molar-refractivity contribution in [1.29, 1.82) is 0 Å². The molecule has 0 unspecified atom stereocenters. The second-order valence-electron chi connectivity index (χ2n) is 0.952. The van der Waals surface area contributed by atoms with Crippen molar-refractivity contribution < 1.29 is 0 Å². The van der Waals surface area contributed by atoms with Gasteiger partial charge in [0.25, 0.3) is 0 Å². The summed E-state index contributed by atoms with van der Waals surface area (Å²) in [7, 11) is 1.39. The minimum absolute atomic E-state index is 1.18. The third kappa shape index (κ3) is 0.698.